The van der Waals surface area contributed by atoms with Gasteiger partial charge in [0.05, 0.1) is 6.61 Å². The number of hydrogen-bond donors (Lipinski definition) is 3. The number of aliphatic hydroxyl groups is 1. The third-order valence-corrected chi connectivity index (χ3v) is 2.97. The minimum absolute atomic E-state index is 0.109. The van der Waals surface area contributed by atoms with Crippen LogP contribution in [-0.4, -0.2) is 16.9 Å². The number of carbonyl (C=O) groups excluding carboxylic acids is 2. The first-order valence-electron chi connectivity index (χ1n) is 6.52. The summed E-state index contributed by atoms with van der Waals surface area (Å²) < 4.78 is 0. The maximum atomic E-state index is 11.7. The summed E-state index contributed by atoms with van der Waals surface area (Å²) in [6.07, 6.45) is 0. The normalized spacial score (nSPS) is 9.95. The molecule has 3 N–H and O–H groups in total. The molecular weight excluding hydrogens is 268 g/mol. The van der Waals surface area contributed by atoms with Gasteiger partial charge in [-0.25, -0.2) is 0 Å². The Hall–Kier alpha value is -2.66. The second-order valence-corrected chi connectivity index (χ2v) is 4.43. The summed E-state index contributed by atoms with van der Waals surface area (Å²) in [5, 5.41) is 14.2. The molecule has 21 heavy (non-hydrogen) atoms. The largest absolute Gasteiger partial charge is 0.392 e. The third kappa shape index (κ3) is 4.15. The van der Waals surface area contributed by atoms with Crippen molar-refractivity contribution in [3.05, 3.63) is 65.7 Å². The number of para-hydroxylation sites is 1. The van der Waals surface area contributed by atoms with Crippen LogP contribution in [0.2, 0.25) is 0 Å². The van der Waals surface area contributed by atoms with Gasteiger partial charge in [-0.15, -0.1) is 0 Å². The van der Waals surface area contributed by atoms with Crippen LogP contribution in [0.4, 0.5) is 5.69 Å². The molecule has 0 fully saturated rings. The SMILES string of the molecule is O=C(NCc1ccccc1CO)C(=O)Nc1ccccc1. The first-order valence-corrected chi connectivity index (χ1v) is 6.52. The van der Waals surface area contributed by atoms with Gasteiger partial charge < -0.3 is 15.7 Å². The van der Waals surface area contributed by atoms with Crippen LogP contribution < -0.4 is 10.6 Å². The van der Waals surface area contributed by atoms with Gasteiger partial charge in [0, 0.05) is 12.2 Å². The lowest BCUT2D eigenvalue weighted by Gasteiger charge is -2.09. The van der Waals surface area contributed by atoms with Crippen molar-refractivity contribution in [1.29, 1.82) is 0 Å². The lowest BCUT2D eigenvalue weighted by atomic mass is 10.1. The molecule has 0 bridgehead atoms. The zero-order valence-corrected chi connectivity index (χ0v) is 11.4. The standard InChI is InChI=1S/C16H16N2O3/c19-11-13-7-5-4-6-12(13)10-17-15(20)16(21)18-14-8-2-1-3-9-14/h1-9,19H,10-11H2,(H,17,20)(H,18,21). The van der Waals surface area contributed by atoms with Gasteiger partial charge in [-0.2, -0.15) is 0 Å². The fourth-order valence-corrected chi connectivity index (χ4v) is 1.85. The van der Waals surface area contributed by atoms with E-state index in [1.807, 2.05) is 12.1 Å². The Morgan fingerprint density at radius 3 is 2.14 bits per heavy atom. The lowest BCUT2D eigenvalue weighted by Crippen LogP contribution is -2.35. The van der Waals surface area contributed by atoms with Crippen molar-refractivity contribution in [2.24, 2.45) is 0 Å². The van der Waals surface area contributed by atoms with E-state index in [9.17, 15) is 14.7 Å². The van der Waals surface area contributed by atoms with E-state index in [1.54, 1.807) is 42.5 Å². The molecule has 0 saturated carbocycles. The number of carbonyl (C=O) groups is 2. The van der Waals surface area contributed by atoms with Crippen LogP contribution in [0.5, 0.6) is 0 Å². The van der Waals surface area contributed by atoms with Crippen LogP contribution in [0, 0.1) is 0 Å². The molecule has 2 aromatic carbocycles. The van der Waals surface area contributed by atoms with E-state index in [4.69, 9.17) is 0 Å². The van der Waals surface area contributed by atoms with Gasteiger partial charge >= 0.3 is 11.8 Å². The highest BCUT2D eigenvalue weighted by Gasteiger charge is 2.13. The van der Waals surface area contributed by atoms with Gasteiger partial charge in [-0.05, 0) is 23.3 Å². The van der Waals surface area contributed by atoms with Crippen LogP contribution in [0.25, 0.3) is 0 Å². The summed E-state index contributed by atoms with van der Waals surface area (Å²) in [6.45, 7) is 0.0834. The summed E-state index contributed by atoms with van der Waals surface area (Å²) in [6, 6.07) is 15.9. The smallest absolute Gasteiger partial charge is 0.313 e. The zero-order chi connectivity index (χ0) is 15.1. The molecule has 2 aromatic rings. The van der Waals surface area contributed by atoms with E-state index >= 15 is 0 Å². The molecule has 108 valence electrons. The molecule has 0 aliphatic carbocycles. The quantitative estimate of drug-likeness (QED) is 0.743. The third-order valence-electron chi connectivity index (χ3n) is 2.97. The molecule has 0 radical (unpaired) electrons. The number of amides is 2. The lowest BCUT2D eigenvalue weighted by molar-refractivity contribution is -0.136. The second kappa shape index (κ2) is 7.21. The van der Waals surface area contributed by atoms with Crippen molar-refractivity contribution in [1.82, 2.24) is 5.32 Å². The molecule has 0 atom stereocenters. The van der Waals surface area contributed by atoms with Crippen molar-refractivity contribution in [3.8, 4) is 0 Å². The predicted octanol–water partition coefficient (Wildman–Crippen LogP) is 1.43. The first-order chi connectivity index (χ1) is 10.2. The number of benzene rings is 2. The molecule has 0 heterocycles. The average molecular weight is 284 g/mol. The van der Waals surface area contributed by atoms with E-state index in [0.717, 1.165) is 11.1 Å². The zero-order valence-electron chi connectivity index (χ0n) is 11.4. The van der Waals surface area contributed by atoms with Crippen LogP contribution in [0.3, 0.4) is 0 Å². The second-order valence-electron chi connectivity index (χ2n) is 4.43. The monoisotopic (exact) mass is 284 g/mol. The Kier molecular flexibility index (Phi) is 5.06. The van der Waals surface area contributed by atoms with Crippen molar-refractivity contribution in [2.75, 3.05) is 5.32 Å². The highest BCUT2D eigenvalue weighted by Crippen LogP contribution is 2.08. The maximum Gasteiger partial charge on any atom is 0.313 e. The number of hydrogen-bond acceptors (Lipinski definition) is 3. The molecule has 0 aliphatic heterocycles. The Balaban J connectivity index is 1.91. The summed E-state index contributed by atoms with van der Waals surface area (Å²) in [4.78, 5) is 23.5. The van der Waals surface area contributed by atoms with E-state index in [2.05, 4.69) is 10.6 Å². The Morgan fingerprint density at radius 2 is 1.48 bits per heavy atom. The van der Waals surface area contributed by atoms with E-state index in [1.165, 1.54) is 0 Å². The number of aliphatic hydroxyl groups excluding tert-OH is 1. The van der Waals surface area contributed by atoms with Crippen molar-refractivity contribution >= 4 is 17.5 Å². The minimum Gasteiger partial charge on any atom is -0.392 e. The van der Waals surface area contributed by atoms with Gasteiger partial charge in [0.1, 0.15) is 0 Å². The maximum absolute atomic E-state index is 11.7. The molecule has 0 unspecified atom stereocenters. The van der Waals surface area contributed by atoms with Crippen LogP contribution >= 0.6 is 0 Å². The van der Waals surface area contributed by atoms with E-state index in [-0.39, 0.29) is 13.2 Å². The van der Waals surface area contributed by atoms with Gasteiger partial charge in [0.2, 0.25) is 0 Å². The summed E-state index contributed by atoms with van der Waals surface area (Å²) in [7, 11) is 0. The summed E-state index contributed by atoms with van der Waals surface area (Å²) in [5.74, 6) is -1.44. The van der Waals surface area contributed by atoms with Crippen LogP contribution in [0.1, 0.15) is 11.1 Å². The Bertz CT molecular complexity index is 626. The van der Waals surface area contributed by atoms with Crippen molar-refractivity contribution < 1.29 is 14.7 Å². The molecule has 0 spiro atoms. The van der Waals surface area contributed by atoms with Gasteiger partial charge in [0.15, 0.2) is 0 Å². The molecule has 2 rings (SSSR count). The predicted molar refractivity (Wildman–Crippen MR) is 79.3 cm³/mol. The molecular formula is C16H16N2O3. The Morgan fingerprint density at radius 1 is 0.857 bits per heavy atom. The van der Waals surface area contributed by atoms with Gasteiger partial charge in [-0.1, -0.05) is 42.5 Å². The van der Waals surface area contributed by atoms with Crippen LogP contribution in [-0.2, 0) is 22.7 Å². The molecule has 0 saturated heterocycles. The molecule has 2 amide bonds. The van der Waals surface area contributed by atoms with Gasteiger partial charge in [-0.3, -0.25) is 9.59 Å². The summed E-state index contributed by atoms with van der Waals surface area (Å²) in [5.41, 5.74) is 2.07. The molecule has 5 nitrogen and oxygen atoms in total. The first kappa shape index (κ1) is 14.7. The van der Waals surface area contributed by atoms with E-state index in [0.29, 0.717) is 5.69 Å². The average Bonchev–Trinajstić information content (AvgIpc) is 2.53. The minimum atomic E-state index is -0.720. The van der Waals surface area contributed by atoms with Crippen molar-refractivity contribution in [3.63, 3.8) is 0 Å². The Labute approximate surface area is 122 Å². The molecule has 0 aromatic heterocycles. The van der Waals surface area contributed by atoms with Crippen molar-refractivity contribution in [2.45, 2.75) is 13.2 Å². The van der Waals surface area contributed by atoms with E-state index < -0.39 is 11.8 Å². The number of nitrogens with one attached hydrogen (secondary N) is 2. The molecule has 5 heteroatoms. The topological polar surface area (TPSA) is 78.4 Å². The highest BCUT2D eigenvalue weighted by atomic mass is 16.3. The summed E-state index contributed by atoms with van der Waals surface area (Å²) >= 11 is 0. The fraction of sp³-hybridized carbons (Fsp3) is 0.125. The number of anilines is 1. The van der Waals surface area contributed by atoms with Gasteiger partial charge in [0.25, 0.3) is 0 Å². The number of rotatable bonds is 4. The highest BCUT2D eigenvalue weighted by molar-refractivity contribution is 6.39. The molecule has 0 aliphatic rings. The van der Waals surface area contributed by atoms with Crippen LogP contribution in [0.15, 0.2) is 54.6 Å². The fourth-order valence-electron chi connectivity index (χ4n) is 1.85.